The maximum Gasteiger partial charge on any atom is 0.472 e. The molecule has 0 bridgehead atoms. The highest BCUT2D eigenvalue weighted by Gasteiger charge is 2.31. The first-order valence-electron chi connectivity index (χ1n) is 14.5. The summed E-state index contributed by atoms with van der Waals surface area (Å²) in [5.41, 5.74) is 6.18. The third-order valence-electron chi connectivity index (χ3n) is 6.58. The molecule has 232 valence electrons. The van der Waals surface area contributed by atoms with Crippen molar-refractivity contribution in [3.8, 4) is 5.75 Å². The average molecular weight is 600 g/mol. The number of para-hydroxylation sites is 1. The smallest absolute Gasteiger partial charge is 0.472 e. The Hall–Kier alpha value is -2.27. The fraction of sp³-hybridized carbons (Fsp3) is 0.655. The number of nitrogens with two attached hydrogens (primary N) is 1. The molecule has 1 aliphatic rings. The summed E-state index contributed by atoms with van der Waals surface area (Å²) in [6.07, 6.45) is 13.3. The highest BCUT2D eigenvalue weighted by molar-refractivity contribution is 7.47. The molecule has 4 N–H and O–H groups in total. The molecule has 0 saturated heterocycles. The van der Waals surface area contributed by atoms with Crippen molar-refractivity contribution in [2.45, 2.75) is 95.8 Å². The normalized spacial score (nSPS) is 18.9. The van der Waals surface area contributed by atoms with Gasteiger partial charge in [0.05, 0.1) is 26.4 Å². The second kappa shape index (κ2) is 19.8. The largest absolute Gasteiger partial charge is 0.493 e. The molecular formula is C29H46NO10P. The van der Waals surface area contributed by atoms with Crippen LogP contribution in [0.4, 0.5) is 0 Å². The van der Waals surface area contributed by atoms with Crippen LogP contribution in [0, 0.1) is 0 Å². The highest BCUT2D eigenvalue weighted by Crippen LogP contribution is 2.43. The molecule has 0 amide bonds. The van der Waals surface area contributed by atoms with Gasteiger partial charge >= 0.3 is 19.8 Å². The van der Waals surface area contributed by atoms with E-state index in [0.717, 1.165) is 24.2 Å². The number of benzene rings is 1. The molecule has 0 aromatic heterocycles. The fourth-order valence-electron chi connectivity index (χ4n) is 4.19. The van der Waals surface area contributed by atoms with E-state index in [-0.39, 0.29) is 13.0 Å². The number of unbranched alkanes of at least 4 members (excludes halogenated alkanes) is 8. The first-order chi connectivity index (χ1) is 19.7. The van der Waals surface area contributed by atoms with E-state index in [1.165, 1.54) is 44.9 Å². The van der Waals surface area contributed by atoms with Gasteiger partial charge in [-0.3, -0.25) is 18.6 Å². The minimum atomic E-state index is -4.60. The third-order valence-corrected chi connectivity index (χ3v) is 7.53. The van der Waals surface area contributed by atoms with Crippen molar-refractivity contribution in [1.29, 1.82) is 0 Å². The van der Waals surface area contributed by atoms with Crippen LogP contribution in [-0.4, -0.2) is 66.6 Å². The maximum absolute atomic E-state index is 12.6. The number of rotatable bonds is 22. The molecule has 11 nitrogen and oxygen atoms in total. The van der Waals surface area contributed by atoms with E-state index in [4.69, 9.17) is 29.6 Å². The molecule has 1 unspecified atom stereocenters. The second-order valence-corrected chi connectivity index (χ2v) is 11.5. The summed E-state index contributed by atoms with van der Waals surface area (Å²) in [4.78, 5) is 33.2. The molecule has 1 aliphatic heterocycles. The van der Waals surface area contributed by atoms with Crippen LogP contribution in [0.25, 0.3) is 0 Å². The fourth-order valence-corrected chi connectivity index (χ4v) is 4.95. The summed E-state index contributed by atoms with van der Waals surface area (Å²) in [6.45, 7) is 1.92. The van der Waals surface area contributed by atoms with Crippen molar-refractivity contribution >= 4 is 19.8 Å². The predicted molar refractivity (Wildman–Crippen MR) is 154 cm³/mol. The lowest BCUT2D eigenvalue weighted by molar-refractivity contribution is -0.155. The molecule has 0 fully saturated rings. The minimum Gasteiger partial charge on any atom is -0.493 e. The Morgan fingerprint density at radius 2 is 1.76 bits per heavy atom. The van der Waals surface area contributed by atoms with Crippen LogP contribution in [0.3, 0.4) is 0 Å². The van der Waals surface area contributed by atoms with Gasteiger partial charge in [-0.2, -0.15) is 0 Å². The molecule has 1 aromatic carbocycles. The molecule has 4 atom stereocenters. The summed E-state index contributed by atoms with van der Waals surface area (Å²) in [5.74, 6) is -1.10. The SMILES string of the molecule is CCCCCCCCCCCOc1ccccc1CCC(=O)O[C@@H]1C=CCO[C@@H]1COP(=O)(O)OC[C@@H](N)C(=O)O. The van der Waals surface area contributed by atoms with E-state index in [1.54, 1.807) is 12.2 Å². The lowest BCUT2D eigenvalue weighted by Gasteiger charge is -2.28. The summed E-state index contributed by atoms with van der Waals surface area (Å²) in [6, 6.07) is 6.15. The van der Waals surface area contributed by atoms with Gasteiger partial charge in [-0.1, -0.05) is 82.6 Å². The van der Waals surface area contributed by atoms with Crippen LogP contribution in [0.15, 0.2) is 36.4 Å². The highest BCUT2D eigenvalue weighted by atomic mass is 31.2. The van der Waals surface area contributed by atoms with E-state index in [1.807, 2.05) is 24.3 Å². The second-order valence-electron chi connectivity index (χ2n) is 10.0. The van der Waals surface area contributed by atoms with Crippen molar-refractivity contribution in [1.82, 2.24) is 0 Å². The molecule has 41 heavy (non-hydrogen) atoms. The minimum absolute atomic E-state index is 0.102. The van der Waals surface area contributed by atoms with E-state index in [0.29, 0.717) is 13.0 Å². The van der Waals surface area contributed by atoms with Crippen molar-refractivity contribution in [2.75, 3.05) is 26.4 Å². The summed E-state index contributed by atoms with van der Waals surface area (Å²) in [7, 11) is -4.60. The molecule has 12 heteroatoms. The molecule has 2 rings (SSSR count). The molecule has 0 spiro atoms. The van der Waals surface area contributed by atoms with Crippen molar-refractivity contribution in [3.05, 3.63) is 42.0 Å². The van der Waals surface area contributed by atoms with Crippen LogP contribution in [0.5, 0.6) is 5.75 Å². The Morgan fingerprint density at radius 3 is 2.46 bits per heavy atom. The van der Waals surface area contributed by atoms with Gasteiger partial charge < -0.3 is 29.9 Å². The molecule has 1 heterocycles. The number of carboxylic acid groups (broad SMARTS) is 1. The standard InChI is InChI=1S/C29H46NO10P/c1-2-3-4-5-6-7-8-9-12-19-36-25-15-11-10-14-23(25)17-18-28(31)40-26-16-13-20-37-27(26)22-39-41(34,35)38-21-24(30)29(32)33/h10-11,13-16,24,26-27H,2-9,12,17-22,30H2,1H3,(H,32,33)(H,34,35)/t24-,26-,27-/m1/s1. The number of phosphoric ester groups is 1. The number of carbonyl (C=O) groups is 2. The average Bonchev–Trinajstić information content (AvgIpc) is 2.96. The van der Waals surface area contributed by atoms with Crippen molar-refractivity contribution in [2.24, 2.45) is 5.73 Å². The van der Waals surface area contributed by atoms with Crippen LogP contribution in [0.2, 0.25) is 0 Å². The number of aryl methyl sites for hydroxylation is 1. The monoisotopic (exact) mass is 599 g/mol. The van der Waals surface area contributed by atoms with Gasteiger partial charge in [-0.25, -0.2) is 4.57 Å². The van der Waals surface area contributed by atoms with Crippen LogP contribution < -0.4 is 10.5 Å². The first-order valence-corrected chi connectivity index (χ1v) is 16.0. The zero-order valence-electron chi connectivity index (χ0n) is 24.0. The lowest BCUT2D eigenvalue weighted by atomic mass is 10.1. The van der Waals surface area contributed by atoms with Crippen LogP contribution >= 0.6 is 7.82 Å². The Kier molecular flexibility index (Phi) is 16.8. The zero-order chi connectivity index (χ0) is 29.9. The Labute approximate surface area is 242 Å². The summed E-state index contributed by atoms with van der Waals surface area (Å²) >= 11 is 0. The van der Waals surface area contributed by atoms with Gasteiger partial charge in [0.1, 0.15) is 24.0 Å². The third kappa shape index (κ3) is 15.0. The number of esters is 1. The molecule has 0 aliphatic carbocycles. The summed E-state index contributed by atoms with van der Waals surface area (Å²) < 4.78 is 38.7. The Balaban J connectivity index is 1.73. The van der Waals surface area contributed by atoms with Gasteiger partial charge in [0.2, 0.25) is 0 Å². The number of ether oxygens (including phenoxy) is 3. The van der Waals surface area contributed by atoms with Gasteiger partial charge in [0.15, 0.2) is 0 Å². The Bertz CT molecular complexity index is 988. The number of carbonyl (C=O) groups excluding carboxylic acids is 1. The zero-order valence-corrected chi connectivity index (χ0v) is 24.9. The lowest BCUT2D eigenvalue weighted by Crippen LogP contribution is -2.38. The van der Waals surface area contributed by atoms with Gasteiger partial charge in [0, 0.05) is 6.42 Å². The molecule has 0 radical (unpaired) electrons. The number of hydrogen-bond donors (Lipinski definition) is 3. The number of phosphoric acid groups is 1. The number of hydrogen-bond acceptors (Lipinski definition) is 9. The van der Waals surface area contributed by atoms with Crippen molar-refractivity contribution < 1.29 is 47.4 Å². The first kappa shape index (κ1) is 34.9. The topological polar surface area (TPSA) is 164 Å². The predicted octanol–water partition coefficient (Wildman–Crippen LogP) is 4.94. The molecular weight excluding hydrogens is 553 g/mol. The summed E-state index contributed by atoms with van der Waals surface area (Å²) in [5, 5.41) is 8.76. The Morgan fingerprint density at radius 1 is 1.07 bits per heavy atom. The van der Waals surface area contributed by atoms with Gasteiger partial charge in [0.25, 0.3) is 0 Å². The molecule has 1 aromatic rings. The number of carboxylic acids is 1. The van der Waals surface area contributed by atoms with Gasteiger partial charge in [-0.15, -0.1) is 0 Å². The van der Waals surface area contributed by atoms with Crippen molar-refractivity contribution in [3.63, 3.8) is 0 Å². The van der Waals surface area contributed by atoms with Gasteiger partial charge in [-0.05, 0) is 30.5 Å². The number of aliphatic carboxylic acids is 1. The van der Waals surface area contributed by atoms with Crippen LogP contribution in [0.1, 0.15) is 76.7 Å². The van der Waals surface area contributed by atoms with Crippen LogP contribution in [-0.2, 0) is 39.1 Å². The maximum atomic E-state index is 12.6. The van der Waals surface area contributed by atoms with E-state index < -0.39 is 51.2 Å². The van der Waals surface area contributed by atoms with E-state index >= 15 is 0 Å². The van der Waals surface area contributed by atoms with E-state index in [9.17, 15) is 19.0 Å². The molecule has 0 saturated carbocycles. The van der Waals surface area contributed by atoms with E-state index in [2.05, 4.69) is 11.4 Å². The quantitative estimate of drug-likeness (QED) is 0.0716.